The van der Waals surface area contributed by atoms with Gasteiger partial charge >= 0.3 is 6.03 Å². The summed E-state index contributed by atoms with van der Waals surface area (Å²) >= 11 is 0. The highest BCUT2D eigenvalue weighted by molar-refractivity contribution is 6.22. The molecular weight excluding hydrogens is 302 g/mol. The molecule has 3 aliphatic heterocycles. The van der Waals surface area contributed by atoms with Crippen LogP contribution in [0, 0.1) is 5.92 Å². The van der Waals surface area contributed by atoms with Gasteiger partial charge in [0.2, 0.25) is 5.91 Å². The molecule has 5 nitrogen and oxygen atoms in total. The van der Waals surface area contributed by atoms with Crippen molar-refractivity contribution in [1.82, 2.24) is 10.2 Å². The summed E-state index contributed by atoms with van der Waals surface area (Å²) in [7, 11) is 0. The summed E-state index contributed by atoms with van der Waals surface area (Å²) in [5.74, 6) is 0.170. The highest BCUT2D eigenvalue weighted by Gasteiger charge is 2.46. The Morgan fingerprint density at radius 1 is 1.33 bits per heavy atom. The topological polar surface area (TPSA) is 52.7 Å². The van der Waals surface area contributed by atoms with Crippen molar-refractivity contribution in [3.05, 3.63) is 42.1 Å². The highest BCUT2D eigenvalue weighted by Crippen LogP contribution is 2.41. The minimum Gasteiger partial charge on any atom is -0.374 e. The monoisotopic (exact) mass is 325 g/mol. The molecule has 0 aliphatic carbocycles. The zero-order chi connectivity index (χ0) is 16.9. The number of nitrogens with one attached hydrogen (secondary N) is 1. The SMILES string of the molecule is CC1(C)C(=O)N(C(=O)NC[C@@H]2C=CN3CCCC23)c2ccccc21. The van der Waals surface area contributed by atoms with E-state index >= 15 is 0 Å². The summed E-state index contributed by atoms with van der Waals surface area (Å²) in [5, 5.41) is 2.98. The van der Waals surface area contributed by atoms with E-state index in [1.807, 2.05) is 38.1 Å². The van der Waals surface area contributed by atoms with Gasteiger partial charge in [0.1, 0.15) is 0 Å². The van der Waals surface area contributed by atoms with Crippen molar-refractivity contribution in [3.63, 3.8) is 0 Å². The van der Waals surface area contributed by atoms with Crippen LogP contribution >= 0.6 is 0 Å². The van der Waals surface area contributed by atoms with E-state index < -0.39 is 5.41 Å². The van der Waals surface area contributed by atoms with Crippen molar-refractivity contribution in [2.24, 2.45) is 5.92 Å². The number of hydrogen-bond donors (Lipinski definition) is 1. The summed E-state index contributed by atoms with van der Waals surface area (Å²) in [6.07, 6.45) is 6.71. The summed E-state index contributed by atoms with van der Waals surface area (Å²) in [4.78, 5) is 29.1. The maximum absolute atomic E-state index is 12.7. The fourth-order valence-electron chi connectivity index (χ4n) is 4.20. The molecule has 1 saturated heterocycles. The standard InChI is InChI=1S/C19H23N3O2/c1-19(2)14-6-3-4-7-16(14)22(17(19)23)18(24)20-12-13-9-11-21-10-5-8-15(13)21/h3-4,6-7,9,11,13,15H,5,8,10,12H2,1-2H3,(H,20,24)/t13-,15?/m0/s1. The van der Waals surface area contributed by atoms with Gasteiger partial charge in [-0.3, -0.25) is 4.79 Å². The lowest BCUT2D eigenvalue weighted by Gasteiger charge is -2.24. The van der Waals surface area contributed by atoms with Crippen LogP contribution in [0.5, 0.6) is 0 Å². The van der Waals surface area contributed by atoms with Gasteiger partial charge < -0.3 is 10.2 Å². The van der Waals surface area contributed by atoms with Crippen LogP contribution in [-0.4, -0.2) is 36.0 Å². The predicted octanol–water partition coefficient (Wildman–Crippen LogP) is 2.63. The van der Waals surface area contributed by atoms with Gasteiger partial charge in [-0.2, -0.15) is 0 Å². The van der Waals surface area contributed by atoms with Crippen molar-refractivity contribution in [2.45, 2.75) is 38.1 Å². The molecule has 1 aromatic rings. The average Bonchev–Trinajstić information content (AvgIpc) is 3.21. The number of fused-ring (bicyclic) bond motifs is 2. The number of nitrogens with zero attached hydrogens (tertiary/aromatic N) is 2. The molecule has 1 unspecified atom stereocenters. The van der Waals surface area contributed by atoms with Crippen LogP contribution in [0.1, 0.15) is 32.3 Å². The van der Waals surface area contributed by atoms with E-state index in [0.717, 1.165) is 12.1 Å². The lowest BCUT2D eigenvalue weighted by molar-refractivity contribution is -0.121. The third kappa shape index (κ3) is 2.14. The Morgan fingerprint density at radius 3 is 2.96 bits per heavy atom. The Hall–Kier alpha value is -2.30. The summed E-state index contributed by atoms with van der Waals surface area (Å²) < 4.78 is 0. The molecule has 24 heavy (non-hydrogen) atoms. The normalized spacial score (nSPS) is 26.7. The second kappa shape index (κ2) is 5.36. The smallest absolute Gasteiger partial charge is 0.328 e. The second-order valence-electron chi connectivity index (χ2n) is 7.42. The minimum atomic E-state index is -0.663. The first-order valence-corrected chi connectivity index (χ1v) is 8.66. The number of benzene rings is 1. The molecule has 2 atom stereocenters. The summed E-state index contributed by atoms with van der Waals surface area (Å²) in [6.45, 7) is 5.43. The fourth-order valence-corrected chi connectivity index (χ4v) is 4.20. The van der Waals surface area contributed by atoms with Crippen LogP contribution in [0.4, 0.5) is 10.5 Å². The first-order valence-electron chi connectivity index (χ1n) is 8.66. The molecule has 0 radical (unpaired) electrons. The second-order valence-corrected chi connectivity index (χ2v) is 7.42. The number of carbonyl (C=O) groups is 2. The van der Waals surface area contributed by atoms with Crippen LogP contribution in [0.2, 0.25) is 0 Å². The molecule has 126 valence electrons. The molecular formula is C19H23N3O2. The number of anilines is 1. The van der Waals surface area contributed by atoms with E-state index in [1.165, 1.54) is 17.7 Å². The van der Waals surface area contributed by atoms with E-state index in [-0.39, 0.29) is 11.9 Å². The Labute approximate surface area is 142 Å². The third-order valence-corrected chi connectivity index (χ3v) is 5.61. The van der Waals surface area contributed by atoms with Crippen LogP contribution in [-0.2, 0) is 10.2 Å². The van der Waals surface area contributed by atoms with Crippen molar-refractivity contribution >= 4 is 17.6 Å². The van der Waals surface area contributed by atoms with Crippen LogP contribution in [0.25, 0.3) is 0 Å². The molecule has 1 N–H and O–H groups in total. The first kappa shape index (κ1) is 15.2. The number of para-hydroxylation sites is 1. The molecule has 0 spiro atoms. The molecule has 4 rings (SSSR count). The molecule has 1 fully saturated rings. The molecule has 5 heteroatoms. The maximum Gasteiger partial charge on any atom is 0.328 e. The highest BCUT2D eigenvalue weighted by atomic mass is 16.2. The number of carbonyl (C=O) groups excluding carboxylic acids is 2. The Balaban J connectivity index is 1.49. The van der Waals surface area contributed by atoms with Gasteiger partial charge in [0, 0.05) is 25.0 Å². The largest absolute Gasteiger partial charge is 0.374 e. The van der Waals surface area contributed by atoms with Gasteiger partial charge in [0.05, 0.1) is 11.1 Å². The van der Waals surface area contributed by atoms with Crippen LogP contribution in [0.3, 0.4) is 0 Å². The average molecular weight is 325 g/mol. The van der Waals surface area contributed by atoms with E-state index in [9.17, 15) is 9.59 Å². The Morgan fingerprint density at radius 2 is 2.12 bits per heavy atom. The van der Waals surface area contributed by atoms with Gasteiger partial charge in [0.15, 0.2) is 0 Å². The molecule has 0 bridgehead atoms. The van der Waals surface area contributed by atoms with Gasteiger partial charge in [0.25, 0.3) is 0 Å². The Bertz CT molecular complexity index is 725. The van der Waals surface area contributed by atoms with E-state index in [4.69, 9.17) is 0 Å². The number of amides is 3. The molecule has 3 aliphatic rings. The number of urea groups is 1. The summed E-state index contributed by atoms with van der Waals surface area (Å²) in [5.41, 5.74) is 0.950. The van der Waals surface area contributed by atoms with Crippen LogP contribution in [0.15, 0.2) is 36.5 Å². The zero-order valence-corrected chi connectivity index (χ0v) is 14.2. The lowest BCUT2D eigenvalue weighted by Crippen LogP contribution is -2.47. The number of hydrogen-bond acceptors (Lipinski definition) is 3. The van der Waals surface area contributed by atoms with Gasteiger partial charge in [-0.25, -0.2) is 9.69 Å². The quantitative estimate of drug-likeness (QED) is 0.909. The maximum atomic E-state index is 12.7. The number of rotatable bonds is 2. The van der Waals surface area contributed by atoms with Gasteiger partial charge in [-0.1, -0.05) is 24.3 Å². The first-order chi connectivity index (χ1) is 11.5. The van der Waals surface area contributed by atoms with Crippen molar-refractivity contribution in [1.29, 1.82) is 0 Å². The van der Waals surface area contributed by atoms with Crippen molar-refractivity contribution in [2.75, 3.05) is 18.0 Å². The molecule has 0 aromatic heterocycles. The molecule has 0 saturated carbocycles. The lowest BCUT2D eigenvalue weighted by atomic mass is 9.86. The predicted molar refractivity (Wildman–Crippen MR) is 92.7 cm³/mol. The van der Waals surface area contributed by atoms with E-state index in [2.05, 4.69) is 22.5 Å². The van der Waals surface area contributed by atoms with Gasteiger partial charge in [-0.05, 0) is 44.5 Å². The molecule has 1 aromatic carbocycles. The van der Waals surface area contributed by atoms with Crippen LogP contribution < -0.4 is 10.2 Å². The van der Waals surface area contributed by atoms with Gasteiger partial charge in [-0.15, -0.1) is 0 Å². The fraction of sp³-hybridized carbons (Fsp3) is 0.474. The van der Waals surface area contributed by atoms with E-state index in [0.29, 0.717) is 24.2 Å². The Kier molecular flexibility index (Phi) is 3.41. The van der Waals surface area contributed by atoms with Crippen molar-refractivity contribution in [3.8, 4) is 0 Å². The molecule has 3 heterocycles. The third-order valence-electron chi connectivity index (χ3n) is 5.61. The van der Waals surface area contributed by atoms with E-state index in [1.54, 1.807) is 0 Å². The van der Waals surface area contributed by atoms with Crippen molar-refractivity contribution < 1.29 is 9.59 Å². The minimum absolute atomic E-state index is 0.161. The number of imide groups is 1. The summed E-state index contributed by atoms with van der Waals surface area (Å²) in [6, 6.07) is 7.73. The zero-order valence-electron chi connectivity index (χ0n) is 14.2. The molecule has 3 amide bonds.